The second kappa shape index (κ2) is 8.21. The summed E-state index contributed by atoms with van der Waals surface area (Å²) >= 11 is 3.33. The van der Waals surface area contributed by atoms with Crippen molar-refractivity contribution >= 4 is 27.1 Å². The fraction of sp³-hybridized carbons (Fsp3) is 0.0417. The van der Waals surface area contributed by atoms with E-state index in [0.717, 1.165) is 16.6 Å². The zero-order valence-electron chi connectivity index (χ0n) is 17.1. The highest BCUT2D eigenvalue weighted by Gasteiger charge is 2.34. The first kappa shape index (κ1) is 22.0. The molecule has 5 rings (SSSR count). The molecule has 5 nitrogen and oxygen atoms in total. The minimum Gasteiger partial charge on any atom is -0.283 e. The van der Waals surface area contributed by atoms with Crippen molar-refractivity contribution in [1.29, 1.82) is 0 Å². The van der Waals surface area contributed by atoms with Crippen LogP contribution in [0.3, 0.4) is 0 Å². The molecule has 0 fully saturated rings. The number of aromatic nitrogens is 4. The van der Waals surface area contributed by atoms with E-state index in [0.29, 0.717) is 17.4 Å². The molecular formula is C24H13BrF4N4O. The van der Waals surface area contributed by atoms with Crippen LogP contribution in [0.1, 0.15) is 5.56 Å². The highest BCUT2D eigenvalue weighted by molar-refractivity contribution is 9.10. The molecule has 0 amide bonds. The van der Waals surface area contributed by atoms with Crippen molar-refractivity contribution in [1.82, 2.24) is 19.1 Å². The van der Waals surface area contributed by atoms with Gasteiger partial charge in [0, 0.05) is 15.7 Å². The van der Waals surface area contributed by atoms with Crippen molar-refractivity contribution in [3.63, 3.8) is 0 Å². The van der Waals surface area contributed by atoms with Gasteiger partial charge in [-0.2, -0.15) is 13.2 Å². The van der Waals surface area contributed by atoms with Crippen LogP contribution in [0, 0.1) is 5.82 Å². The van der Waals surface area contributed by atoms with E-state index in [-0.39, 0.29) is 22.6 Å². The molecule has 0 saturated carbocycles. The van der Waals surface area contributed by atoms with E-state index in [4.69, 9.17) is 0 Å². The van der Waals surface area contributed by atoms with Gasteiger partial charge >= 0.3 is 6.18 Å². The summed E-state index contributed by atoms with van der Waals surface area (Å²) in [6, 6.07) is 18.2. The summed E-state index contributed by atoms with van der Waals surface area (Å²) in [4.78, 5) is 22.3. The summed E-state index contributed by atoms with van der Waals surface area (Å²) in [6.45, 7) is 0. The van der Waals surface area contributed by atoms with E-state index in [1.165, 1.54) is 10.9 Å². The molecule has 10 heteroatoms. The van der Waals surface area contributed by atoms with Crippen molar-refractivity contribution in [2.45, 2.75) is 6.18 Å². The average Bonchev–Trinajstić information content (AvgIpc) is 3.24. The van der Waals surface area contributed by atoms with E-state index in [1.807, 2.05) is 6.07 Å². The number of hydrogen-bond acceptors (Lipinski definition) is 3. The largest absolute Gasteiger partial charge is 0.419 e. The third-order valence-corrected chi connectivity index (χ3v) is 5.75. The number of halogens is 5. The van der Waals surface area contributed by atoms with Gasteiger partial charge in [-0.1, -0.05) is 40.2 Å². The van der Waals surface area contributed by atoms with Gasteiger partial charge in [0.1, 0.15) is 18.0 Å². The predicted octanol–water partition coefficient (Wildman–Crippen LogP) is 6.16. The molecule has 2 aromatic heterocycles. The van der Waals surface area contributed by atoms with Crippen molar-refractivity contribution in [3.05, 3.63) is 105 Å². The molecule has 0 unspecified atom stereocenters. The Morgan fingerprint density at radius 3 is 2.24 bits per heavy atom. The van der Waals surface area contributed by atoms with E-state index in [9.17, 15) is 22.4 Å². The number of benzene rings is 3. The van der Waals surface area contributed by atoms with Gasteiger partial charge in [-0.15, -0.1) is 0 Å². The molecule has 0 aliphatic rings. The van der Waals surface area contributed by atoms with E-state index < -0.39 is 23.1 Å². The lowest BCUT2D eigenvalue weighted by atomic mass is 10.1. The van der Waals surface area contributed by atoms with Crippen molar-refractivity contribution in [2.24, 2.45) is 0 Å². The van der Waals surface area contributed by atoms with Crippen molar-refractivity contribution in [3.8, 4) is 22.8 Å². The van der Waals surface area contributed by atoms with Crippen LogP contribution in [-0.4, -0.2) is 19.1 Å². The second-order valence-electron chi connectivity index (χ2n) is 7.37. The maximum Gasteiger partial charge on any atom is 0.419 e. The van der Waals surface area contributed by atoms with Crippen molar-refractivity contribution < 1.29 is 17.6 Å². The third-order valence-electron chi connectivity index (χ3n) is 5.22. The van der Waals surface area contributed by atoms with E-state index in [2.05, 4.69) is 25.9 Å². The summed E-state index contributed by atoms with van der Waals surface area (Å²) in [7, 11) is 0. The fourth-order valence-electron chi connectivity index (χ4n) is 3.64. The van der Waals surface area contributed by atoms with Crippen LogP contribution in [0.2, 0.25) is 0 Å². The average molecular weight is 529 g/mol. The molecule has 0 N–H and O–H groups in total. The highest BCUT2D eigenvalue weighted by atomic mass is 79.9. The fourth-order valence-corrected chi connectivity index (χ4v) is 3.90. The zero-order valence-corrected chi connectivity index (χ0v) is 18.7. The smallest absolute Gasteiger partial charge is 0.283 e. The van der Waals surface area contributed by atoms with E-state index >= 15 is 0 Å². The van der Waals surface area contributed by atoms with Gasteiger partial charge in [-0.25, -0.2) is 14.4 Å². The Morgan fingerprint density at radius 1 is 0.882 bits per heavy atom. The molecule has 2 heterocycles. The molecular weight excluding hydrogens is 516 g/mol. The Labute approximate surface area is 198 Å². The van der Waals surface area contributed by atoms with Crippen LogP contribution >= 0.6 is 15.9 Å². The number of hydrogen-bond donors (Lipinski definition) is 0. The molecule has 0 spiro atoms. The minimum absolute atomic E-state index is 0.00762. The van der Waals surface area contributed by atoms with Gasteiger partial charge in [0.25, 0.3) is 5.56 Å². The second-order valence-corrected chi connectivity index (χ2v) is 8.28. The lowest BCUT2D eigenvalue weighted by molar-refractivity contribution is -0.139. The number of rotatable bonds is 3. The molecule has 170 valence electrons. The van der Waals surface area contributed by atoms with Crippen LogP contribution in [0.5, 0.6) is 0 Å². The molecule has 3 aromatic carbocycles. The molecule has 0 bridgehead atoms. The standard InChI is InChI=1S/C24H13BrF4N4O/c25-15-7-9-17(10-8-15)33-21(14-6-11-18(19(26)12-14)24(27,28)29)31-22-20(23(33)34)30-13-32(22)16-4-2-1-3-5-16/h1-13H. The van der Waals surface area contributed by atoms with Gasteiger partial charge in [0.2, 0.25) is 0 Å². The van der Waals surface area contributed by atoms with Crippen LogP contribution in [0.25, 0.3) is 33.9 Å². The zero-order chi connectivity index (χ0) is 24.0. The third kappa shape index (κ3) is 3.79. The van der Waals surface area contributed by atoms with Gasteiger partial charge in [-0.05, 0) is 48.5 Å². The Bertz CT molecular complexity index is 1580. The summed E-state index contributed by atoms with van der Waals surface area (Å²) in [5.41, 5.74) is -0.604. The maximum atomic E-state index is 14.5. The Morgan fingerprint density at radius 2 is 1.59 bits per heavy atom. The normalized spacial score (nSPS) is 11.8. The summed E-state index contributed by atoms with van der Waals surface area (Å²) in [6.07, 6.45) is -3.41. The molecule has 0 atom stereocenters. The summed E-state index contributed by atoms with van der Waals surface area (Å²) in [5, 5.41) is 0. The first-order valence-electron chi connectivity index (χ1n) is 9.92. The molecule has 5 aromatic rings. The van der Waals surface area contributed by atoms with Crippen LogP contribution in [0.4, 0.5) is 17.6 Å². The molecule has 0 aliphatic heterocycles. The number of nitrogens with zero attached hydrogens (tertiary/aromatic N) is 4. The maximum absolute atomic E-state index is 14.5. The monoisotopic (exact) mass is 528 g/mol. The number of alkyl halides is 3. The van der Waals surface area contributed by atoms with Crippen LogP contribution in [0.15, 0.2) is 88.4 Å². The van der Waals surface area contributed by atoms with E-state index in [1.54, 1.807) is 53.1 Å². The Balaban J connectivity index is 1.83. The van der Waals surface area contributed by atoms with Gasteiger partial charge in [0.05, 0.1) is 11.3 Å². The van der Waals surface area contributed by atoms with Crippen LogP contribution < -0.4 is 5.56 Å². The SMILES string of the molecule is O=c1c2ncn(-c3ccccc3)c2nc(-c2ccc(C(F)(F)F)c(F)c2)n1-c1ccc(Br)cc1. The molecule has 0 saturated heterocycles. The van der Waals surface area contributed by atoms with Gasteiger partial charge < -0.3 is 0 Å². The number of fused-ring (bicyclic) bond motifs is 1. The first-order valence-corrected chi connectivity index (χ1v) is 10.7. The molecule has 0 aliphatic carbocycles. The Hall–Kier alpha value is -3.79. The number of para-hydroxylation sites is 1. The lowest BCUT2D eigenvalue weighted by Gasteiger charge is -2.15. The van der Waals surface area contributed by atoms with Gasteiger partial charge in [-0.3, -0.25) is 13.9 Å². The summed E-state index contributed by atoms with van der Waals surface area (Å²) < 4.78 is 57.3. The van der Waals surface area contributed by atoms with Crippen LogP contribution in [-0.2, 0) is 6.18 Å². The lowest BCUT2D eigenvalue weighted by Crippen LogP contribution is -2.22. The molecule has 34 heavy (non-hydrogen) atoms. The Kier molecular flexibility index (Phi) is 5.32. The quantitative estimate of drug-likeness (QED) is 0.263. The summed E-state index contributed by atoms with van der Waals surface area (Å²) in [5.74, 6) is -1.48. The van der Waals surface area contributed by atoms with Crippen molar-refractivity contribution in [2.75, 3.05) is 0 Å². The topological polar surface area (TPSA) is 52.7 Å². The first-order chi connectivity index (χ1) is 16.2. The minimum atomic E-state index is -4.85. The van der Waals surface area contributed by atoms with Gasteiger partial charge in [0.15, 0.2) is 11.2 Å². The molecule has 0 radical (unpaired) electrons. The predicted molar refractivity (Wildman–Crippen MR) is 123 cm³/mol. The number of imidazole rings is 1. The highest BCUT2D eigenvalue weighted by Crippen LogP contribution is 2.33.